The molecule has 0 spiro atoms. The third-order valence-electron chi connectivity index (χ3n) is 1.71. The van der Waals surface area contributed by atoms with Crippen LogP contribution in [0.1, 0.15) is 39.5 Å². The molecule has 0 saturated heterocycles. The summed E-state index contributed by atoms with van der Waals surface area (Å²) in [5.74, 6) is 0. The molecule has 0 amide bonds. The summed E-state index contributed by atoms with van der Waals surface area (Å²) in [5.41, 5.74) is -0.626. The predicted molar refractivity (Wildman–Crippen MR) is 52.8 cm³/mol. The van der Waals surface area contributed by atoms with Crippen LogP contribution < -0.4 is 0 Å². The number of unbranched alkanes of at least 4 members (excludes halogenated alkanes) is 2. The van der Waals surface area contributed by atoms with E-state index in [1.54, 1.807) is 11.1 Å². The van der Waals surface area contributed by atoms with Crippen molar-refractivity contribution in [3.8, 4) is 0 Å². The minimum atomic E-state index is -0.626. The van der Waals surface area contributed by atoms with Gasteiger partial charge in [-0.2, -0.15) is 0 Å². The van der Waals surface area contributed by atoms with Crippen LogP contribution in [0.2, 0.25) is 0 Å². The standard InChI is InChI=1S/C9H17BrO/c1-3-4-5-6-9(2,11)7-8-10/h7-8,11H,3-6H2,1-2H3/b8-7+. The van der Waals surface area contributed by atoms with Gasteiger partial charge >= 0.3 is 0 Å². The van der Waals surface area contributed by atoms with Gasteiger partial charge in [-0.1, -0.05) is 42.1 Å². The summed E-state index contributed by atoms with van der Waals surface area (Å²) < 4.78 is 0. The fraction of sp³-hybridized carbons (Fsp3) is 0.778. The van der Waals surface area contributed by atoms with E-state index < -0.39 is 5.60 Å². The Balaban J connectivity index is 3.55. The van der Waals surface area contributed by atoms with Gasteiger partial charge < -0.3 is 5.11 Å². The molecule has 0 heterocycles. The summed E-state index contributed by atoms with van der Waals surface area (Å²) in [6, 6.07) is 0. The summed E-state index contributed by atoms with van der Waals surface area (Å²) in [6.07, 6.45) is 6.13. The maximum atomic E-state index is 9.62. The number of aliphatic hydroxyl groups is 1. The van der Waals surface area contributed by atoms with Crippen LogP contribution in [0.3, 0.4) is 0 Å². The largest absolute Gasteiger partial charge is 0.386 e. The average Bonchev–Trinajstić information content (AvgIpc) is 1.87. The van der Waals surface area contributed by atoms with Crippen LogP contribution >= 0.6 is 15.9 Å². The molecule has 2 heteroatoms. The van der Waals surface area contributed by atoms with E-state index in [2.05, 4.69) is 22.9 Å². The second kappa shape index (κ2) is 5.78. The highest BCUT2D eigenvalue weighted by Gasteiger charge is 2.14. The van der Waals surface area contributed by atoms with Gasteiger partial charge in [0.25, 0.3) is 0 Å². The molecular formula is C9H17BrO. The van der Waals surface area contributed by atoms with Crippen molar-refractivity contribution >= 4 is 15.9 Å². The SMILES string of the molecule is CCCCCC(C)(O)/C=C/Br. The lowest BCUT2D eigenvalue weighted by molar-refractivity contribution is 0.0989. The second-order valence-corrected chi connectivity index (χ2v) is 3.64. The van der Waals surface area contributed by atoms with E-state index in [9.17, 15) is 5.11 Å². The molecule has 1 unspecified atom stereocenters. The molecule has 1 nitrogen and oxygen atoms in total. The van der Waals surface area contributed by atoms with Crippen LogP contribution in [0.25, 0.3) is 0 Å². The normalized spacial score (nSPS) is 17.1. The minimum absolute atomic E-state index is 0.626. The maximum absolute atomic E-state index is 9.62. The highest BCUT2D eigenvalue weighted by atomic mass is 79.9. The van der Waals surface area contributed by atoms with E-state index >= 15 is 0 Å². The van der Waals surface area contributed by atoms with Crippen LogP contribution in [-0.2, 0) is 0 Å². The Hall–Kier alpha value is 0.180. The summed E-state index contributed by atoms with van der Waals surface area (Å²) in [6.45, 7) is 4.00. The van der Waals surface area contributed by atoms with Crippen molar-refractivity contribution in [2.45, 2.75) is 45.1 Å². The Morgan fingerprint density at radius 3 is 2.55 bits per heavy atom. The highest BCUT2D eigenvalue weighted by molar-refractivity contribution is 9.11. The van der Waals surface area contributed by atoms with Gasteiger partial charge in [-0.25, -0.2) is 0 Å². The van der Waals surface area contributed by atoms with E-state index in [0.717, 1.165) is 12.8 Å². The molecule has 0 aromatic carbocycles. The summed E-state index contributed by atoms with van der Waals surface area (Å²) in [7, 11) is 0. The summed E-state index contributed by atoms with van der Waals surface area (Å²) in [5, 5.41) is 9.62. The zero-order valence-corrected chi connectivity index (χ0v) is 8.89. The molecular weight excluding hydrogens is 204 g/mol. The number of halogens is 1. The highest BCUT2D eigenvalue weighted by Crippen LogP contribution is 2.16. The lowest BCUT2D eigenvalue weighted by Crippen LogP contribution is -2.19. The smallest absolute Gasteiger partial charge is 0.0807 e. The van der Waals surface area contributed by atoms with Gasteiger partial charge in [-0.15, -0.1) is 0 Å². The first-order chi connectivity index (χ1) is 5.12. The predicted octanol–water partition coefficient (Wildman–Crippen LogP) is 3.23. The lowest BCUT2D eigenvalue weighted by atomic mass is 9.99. The number of hydrogen-bond acceptors (Lipinski definition) is 1. The molecule has 0 aliphatic carbocycles. The molecule has 66 valence electrons. The molecule has 0 bridgehead atoms. The zero-order chi connectivity index (χ0) is 8.74. The first-order valence-corrected chi connectivity index (χ1v) is 5.04. The van der Waals surface area contributed by atoms with Gasteiger partial charge in [0.2, 0.25) is 0 Å². The molecule has 0 aromatic heterocycles. The molecule has 0 fully saturated rings. The van der Waals surface area contributed by atoms with Crippen LogP contribution in [0.5, 0.6) is 0 Å². The van der Waals surface area contributed by atoms with E-state index in [1.807, 2.05) is 6.92 Å². The third-order valence-corrected chi connectivity index (χ3v) is 1.97. The molecule has 0 aliphatic rings. The number of rotatable bonds is 5. The summed E-state index contributed by atoms with van der Waals surface area (Å²) >= 11 is 3.15. The molecule has 0 aliphatic heterocycles. The van der Waals surface area contributed by atoms with Crippen LogP contribution in [0.4, 0.5) is 0 Å². The van der Waals surface area contributed by atoms with Gasteiger partial charge in [0.05, 0.1) is 5.60 Å². The Labute approximate surface area is 77.6 Å². The number of hydrogen-bond donors (Lipinski definition) is 1. The fourth-order valence-corrected chi connectivity index (χ4v) is 1.52. The van der Waals surface area contributed by atoms with Gasteiger partial charge in [0.1, 0.15) is 0 Å². The Morgan fingerprint density at radius 2 is 2.09 bits per heavy atom. The van der Waals surface area contributed by atoms with Crippen molar-refractivity contribution in [1.29, 1.82) is 0 Å². The van der Waals surface area contributed by atoms with Crippen molar-refractivity contribution in [2.24, 2.45) is 0 Å². The van der Waals surface area contributed by atoms with Crippen molar-refractivity contribution in [2.75, 3.05) is 0 Å². The zero-order valence-electron chi connectivity index (χ0n) is 7.31. The first-order valence-electron chi connectivity index (χ1n) is 4.12. The lowest BCUT2D eigenvalue weighted by Gasteiger charge is -2.17. The van der Waals surface area contributed by atoms with Crippen molar-refractivity contribution < 1.29 is 5.11 Å². The fourth-order valence-electron chi connectivity index (χ4n) is 0.952. The first kappa shape index (κ1) is 11.2. The van der Waals surface area contributed by atoms with E-state index in [-0.39, 0.29) is 0 Å². The Kier molecular flexibility index (Phi) is 5.88. The van der Waals surface area contributed by atoms with Crippen LogP contribution in [0, 0.1) is 0 Å². The average molecular weight is 221 g/mol. The van der Waals surface area contributed by atoms with Gasteiger partial charge in [-0.3, -0.25) is 0 Å². The van der Waals surface area contributed by atoms with E-state index in [0.29, 0.717) is 0 Å². The van der Waals surface area contributed by atoms with Crippen LogP contribution in [0.15, 0.2) is 11.1 Å². The Morgan fingerprint density at radius 1 is 1.45 bits per heavy atom. The molecule has 0 rings (SSSR count). The van der Waals surface area contributed by atoms with Crippen LogP contribution in [-0.4, -0.2) is 10.7 Å². The quantitative estimate of drug-likeness (QED) is 0.706. The molecule has 0 radical (unpaired) electrons. The monoisotopic (exact) mass is 220 g/mol. The third kappa shape index (κ3) is 6.57. The van der Waals surface area contributed by atoms with Gasteiger partial charge in [0.15, 0.2) is 0 Å². The van der Waals surface area contributed by atoms with Crippen molar-refractivity contribution in [3.05, 3.63) is 11.1 Å². The minimum Gasteiger partial charge on any atom is -0.386 e. The molecule has 0 saturated carbocycles. The maximum Gasteiger partial charge on any atom is 0.0807 e. The molecule has 0 aromatic rings. The Bertz CT molecular complexity index is 119. The summed E-state index contributed by atoms with van der Waals surface area (Å²) in [4.78, 5) is 1.72. The van der Waals surface area contributed by atoms with Gasteiger partial charge in [0, 0.05) is 0 Å². The second-order valence-electron chi connectivity index (χ2n) is 3.11. The molecule has 1 N–H and O–H groups in total. The van der Waals surface area contributed by atoms with E-state index in [1.165, 1.54) is 12.8 Å². The molecule has 11 heavy (non-hydrogen) atoms. The van der Waals surface area contributed by atoms with Gasteiger partial charge in [-0.05, 0) is 24.4 Å². The van der Waals surface area contributed by atoms with E-state index in [4.69, 9.17) is 0 Å². The van der Waals surface area contributed by atoms with Crippen molar-refractivity contribution in [1.82, 2.24) is 0 Å². The topological polar surface area (TPSA) is 20.2 Å². The molecule has 1 atom stereocenters. The van der Waals surface area contributed by atoms with Crippen molar-refractivity contribution in [3.63, 3.8) is 0 Å².